The Hall–Kier alpha value is -0.970. The van der Waals surface area contributed by atoms with Crippen molar-refractivity contribution in [1.82, 2.24) is 0 Å². The Morgan fingerprint density at radius 3 is 2.62 bits per heavy atom. The first-order chi connectivity index (χ1) is 7.47. The van der Waals surface area contributed by atoms with Crippen LogP contribution in [0.2, 0.25) is 0 Å². The average molecular weight is 235 g/mol. The Balaban J connectivity index is 2.09. The van der Waals surface area contributed by atoms with E-state index < -0.39 is 12.6 Å². The SMILES string of the molecule is NC(CCCC(F)(F)F)CCc1ccco1. The molecule has 2 nitrogen and oxygen atoms in total. The lowest BCUT2D eigenvalue weighted by Gasteiger charge is -2.11. The van der Waals surface area contributed by atoms with Crippen molar-refractivity contribution in [3.63, 3.8) is 0 Å². The second-order valence-electron chi connectivity index (χ2n) is 3.89. The molecule has 0 aromatic carbocycles. The maximum absolute atomic E-state index is 11.9. The lowest BCUT2D eigenvalue weighted by Crippen LogP contribution is -2.21. The number of rotatable bonds is 6. The quantitative estimate of drug-likeness (QED) is 0.821. The lowest BCUT2D eigenvalue weighted by atomic mass is 10.0. The van der Waals surface area contributed by atoms with Crippen LogP contribution >= 0.6 is 0 Å². The molecule has 1 heterocycles. The highest BCUT2D eigenvalue weighted by atomic mass is 19.4. The fourth-order valence-electron chi connectivity index (χ4n) is 1.49. The van der Waals surface area contributed by atoms with Gasteiger partial charge in [-0.2, -0.15) is 13.2 Å². The fraction of sp³-hybridized carbons (Fsp3) is 0.636. The van der Waals surface area contributed by atoms with Crippen LogP contribution in [0, 0.1) is 0 Å². The molecule has 2 N–H and O–H groups in total. The summed E-state index contributed by atoms with van der Waals surface area (Å²) in [6.07, 6.45) is -1.40. The Bertz CT molecular complexity index is 282. The predicted molar refractivity (Wildman–Crippen MR) is 54.9 cm³/mol. The molecule has 1 unspecified atom stereocenters. The number of aryl methyl sites for hydroxylation is 1. The number of alkyl halides is 3. The highest BCUT2D eigenvalue weighted by Crippen LogP contribution is 2.22. The zero-order valence-electron chi connectivity index (χ0n) is 8.96. The molecule has 5 heteroatoms. The molecular formula is C11H16F3NO. The van der Waals surface area contributed by atoms with Crippen molar-refractivity contribution in [3.8, 4) is 0 Å². The van der Waals surface area contributed by atoms with Crippen LogP contribution in [0.4, 0.5) is 13.2 Å². The fourth-order valence-corrected chi connectivity index (χ4v) is 1.49. The van der Waals surface area contributed by atoms with Gasteiger partial charge in [0.05, 0.1) is 6.26 Å². The standard InChI is InChI=1S/C11H16F3NO/c12-11(13,14)7-1-3-9(15)5-6-10-4-2-8-16-10/h2,4,8-9H,1,3,5-7,15H2. The maximum Gasteiger partial charge on any atom is 0.389 e. The topological polar surface area (TPSA) is 39.2 Å². The number of halogens is 3. The summed E-state index contributed by atoms with van der Waals surface area (Å²) >= 11 is 0. The van der Waals surface area contributed by atoms with Crippen molar-refractivity contribution in [1.29, 1.82) is 0 Å². The van der Waals surface area contributed by atoms with E-state index in [1.54, 1.807) is 12.3 Å². The van der Waals surface area contributed by atoms with Crippen LogP contribution in [0.3, 0.4) is 0 Å². The van der Waals surface area contributed by atoms with E-state index in [2.05, 4.69) is 0 Å². The van der Waals surface area contributed by atoms with Gasteiger partial charge in [-0.1, -0.05) is 0 Å². The molecule has 0 aliphatic rings. The van der Waals surface area contributed by atoms with E-state index in [0.717, 1.165) is 5.76 Å². The maximum atomic E-state index is 11.9. The third-order valence-corrected chi connectivity index (χ3v) is 2.38. The molecule has 92 valence electrons. The van der Waals surface area contributed by atoms with Crippen molar-refractivity contribution < 1.29 is 17.6 Å². The Labute approximate surface area is 92.6 Å². The third kappa shape index (κ3) is 5.80. The summed E-state index contributed by atoms with van der Waals surface area (Å²) in [6, 6.07) is 3.43. The van der Waals surface area contributed by atoms with Gasteiger partial charge in [0.15, 0.2) is 0 Å². The van der Waals surface area contributed by atoms with E-state index in [0.29, 0.717) is 19.3 Å². The van der Waals surface area contributed by atoms with Gasteiger partial charge in [0.2, 0.25) is 0 Å². The van der Waals surface area contributed by atoms with E-state index in [9.17, 15) is 13.2 Å². The molecule has 0 radical (unpaired) electrons. The van der Waals surface area contributed by atoms with Gasteiger partial charge < -0.3 is 10.2 Å². The molecule has 0 bridgehead atoms. The molecule has 1 atom stereocenters. The molecule has 1 rings (SSSR count). The van der Waals surface area contributed by atoms with Gasteiger partial charge in [0, 0.05) is 18.9 Å². The molecule has 0 saturated carbocycles. The largest absolute Gasteiger partial charge is 0.469 e. The molecule has 0 aliphatic carbocycles. The minimum atomic E-state index is -4.07. The first-order valence-electron chi connectivity index (χ1n) is 5.32. The molecule has 0 aliphatic heterocycles. The smallest absolute Gasteiger partial charge is 0.389 e. The molecular weight excluding hydrogens is 219 g/mol. The van der Waals surface area contributed by atoms with Crippen LogP contribution < -0.4 is 5.73 Å². The molecule has 0 amide bonds. The van der Waals surface area contributed by atoms with Gasteiger partial charge in [0.25, 0.3) is 0 Å². The van der Waals surface area contributed by atoms with Crippen molar-refractivity contribution >= 4 is 0 Å². The van der Waals surface area contributed by atoms with E-state index in [4.69, 9.17) is 10.2 Å². The summed E-state index contributed by atoms with van der Waals surface area (Å²) < 4.78 is 40.7. The Morgan fingerprint density at radius 1 is 1.31 bits per heavy atom. The summed E-state index contributed by atoms with van der Waals surface area (Å²) in [4.78, 5) is 0. The monoisotopic (exact) mass is 235 g/mol. The second kappa shape index (κ2) is 5.94. The number of hydrogen-bond acceptors (Lipinski definition) is 2. The summed E-state index contributed by atoms with van der Waals surface area (Å²) in [5.74, 6) is 0.825. The molecule has 1 aromatic rings. The van der Waals surface area contributed by atoms with E-state index >= 15 is 0 Å². The van der Waals surface area contributed by atoms with Gasteiger partial charge >= 0.3 is 6.18 Å². The molecule has 0 saturated heterocycles. The van der Waals surface area contributed by atoms with Gasteiger partial charge in [-0.15, -0.1) is 0 Å². The van der Waals surface area contributed by atoms with Gasteiger partial charge in [-0.05, 0) is 31.4 Å². The summed E-state index contributed by atoms with van der Waals surface area (Å²) in [5.41, 5.74) is 5.71. The van der Waals surface area contributed by atoms with Crippen LogP contribution in [0.1, 0.15) is 31.4 Å². The van der Waals surface area contributed by atoms with Crippen LogP contribution in [-0.4, -0.2) is 12.2 Å². The van der Waals surface area contributed by atoms with Crippen molar-refractivity contribution in [2.45, 2.75) is 44.3 Å². The lowest BCUT2D eigenvalue weighted by molar-refractivity contribution is -0.135. The molecule has 0 fully saturated rings. The average Bonchev–Trinajstić information content (AvgIpc) is 2.65. The van der Waals surface area contributed by atoms with Gasteiger partial charge in [-0.3, -0.25) is 0 Å². The first-order valence-corrected chi connectivity index (χ1v) is 5.32. The van der Waals surface area contributed by atoms with Crippen LogP contribution in [0.25, 0.3) is 0 Å². The normalized spacial score (nSPS) is 14.0. The van der Waals surface area contributed by atoms with Crippen molar-refractivity contribution in [3.05, 3.63) is 24.2 Å². The zero-order chi connectivity index (χ0) is 12.0. The van der Waals surface area contributed by atoms with E-state index in [1.807, 2.05) is 6.07 Å². The highest BCUT2D eigenvalue weighted by Gasteiger charge is 2.26. The molecule has 1 aromatic heterocycles. The van der Waals surface area contributed by atoms with Crippen LogP contribution in [0.5, 0.6) is 0 Å². The number of nitrogens with two attached hydrogens (primary N) is 1. The Kier molecular flexibility index (Phi) is 4.86. The summed E-state index contributed by atoms with van der Waals surface area (Å²) in [6.45, 7) is 0. The Morgan fingerprint density at radius 2 is 2.06 bits per heavy atom. The molecule has 0 spiro atoms. The van der Waals surface area contributed by atoms with Gasteiger partial charge in [-0.25, -0.2) is 0 Å². The van der Waals surface area contributed by atoms with Crippen LogP contribution in [-0.2, 0) is 6.42 Å². The number of hydrogen-bond donors (Lipinski definition) is 1. The van der Waals surface area contributed by atoms with E-state index in [-0.39, 0.29) is 12.5 Å². The number of furan rings is 1. The van der Waals surface area contributed by atoms with Gasteiger partial charge in [0.1, 0.15) is 5.76 Å². The zero-order valence-corrected chi connectivity index (χ0v) is 8.96. The third-order valence-electron chi connectivity index (χ3n) is 2.38. The summed E-state index contributed by atoms with van der Waals surface area (Å²) in [7, 11) is 0. The predicted octanol–water partition coefficient (Wildman–Crippen LogP) is 3.27. The van der Waals surface area contributed by atoms with Crippen LogP contribution in [0.15, 0.2) is 22.8 Å². The van der Waals surface area contributed by atoms with E-state index in [1.165, 1.54) is 0 Å². The minimum absolute atomic E-state index is 0.100. The molecule has 16 heavy (non-hydrogen) atoms. The summed E-state index contributed by atoms with van der Waals surface area (Å²) in [5, 5.41) is 0. The first kappa shape index (κ1) is 13.1. The highest BCUT2D eigenvalue weighted by molar-refractivity contribution is 4.98. The van der Waals surface area contributed by atoms with Crippen molar-refractivity contribution in [2.24, 2.45) is 5.73 Å². The minimum Gasteiger partial charge on any atom is -0.469 e. The second-order valence-corrected chi connectivity index (χ2v) is 3.89. The van der Waals surface area contributed by atoms with Crippen molar-refractivity contribution in [2.75, 3.05) is 0 Å².